The summed E-state index contributed by atoms with van der Waals surface area (Å²) in [5.74, 6) is 0. The van der Waals surface area contributed by atoms with Gasteiger partial charge in [-0.3, -0.25) is 4.57 Å². The molecule has 0 N–H and O–H groups in total. The molecule has 0 amide bonds. The Morgan fingerprint density at radius 3 is 1.81 bits per heavy atom. The molecule has 37 heavy (non-hydrogen) atoms. The molecule has 4 heteroatoms. The Balaban J connectivity index is 1.48. The quantitative estimate of drug-likeness (QED) is 0.238. The molecule has 0 aliphatic rings. The van der Waals surface area contributed by atoms with Crippen molar-refractivity contribution >= 4 is 76.4 Å². The molecule has 3 aromatic heterocycles. The maximum Gasteiger partial charge on any atom is 0.307 e. The van der Waals surface area contributed by atoms with Crippen LogP contribution in [-0.4, -0.2) is 9.55 Å². The summed E-state index contributed by atoms with van der Waals surface area (Å²) < 4.78 is 14.9. The van der Waals surface area contributed by atoms with Gasteiger partial charge in [-0.15, -0.1) is 0 Å². The second-order valence-electron chi connectivity index (χ2n) is 9.58. The van der Waals surface area contributed by atoms with Crippen LogP contribution in [0.3, 0.4) is 0 Å². The average Bonchev–Trinajstić information content (AvgIpc) is 3.63. The zero-order valence-electron chi connectivity index (χ0n) is 19.6. The Hall–Kier alpha value is -5.09. The van der Waals surface area contributed by atoms with Crippen LogP contribution >= 0.6 is 0 Å². The van der Waals surface area contributed by atoms with E-state index in [1.807, 2.05) is 30.3 Å². The molecule has 3 heterocycles. The largest absolute Gasteiger partial charge is 0.456 e. The molecule has 9 rings (SSSR count). The maximum atomic E-state index is 6.62. The summed E-state index contributed by atoms with van der Waals surface area (Å²) in [7, 11) is 0. The van der Waals surface area contributed by atoms with Crippen molar-refractivity contribution in [3.8, 4) is 6.01 Å². The molecular formula is C33H18N2O2. The molecule has 4 nitrogen and oxygen atoms in total. The zero-order valence-corrected chi connectivity index (χ0v) is 19.6. The summed E-state index contributed by atoms with van der Waals surface area (Å²) in [5.41, 5.74) is 5.35. The first-order valence-electron chi connectivity index (χ1n) is 12.4. The maximum absolute atomic E-state index is 6.62. The number of para-hydroxylation sites is 1. The predicted molar refractivity (Wildman–Crippen MR) is 151 cm³/mol. The molecule has 0 spiro atoms. The van der Waals surface area contributed by atoms with E-state index in [9.17, 15) is 0 Å². The van der Waals surface area contributed by atoms with Gasteiger partial charge in [0, 0.05) is 16.2 Å². The first-order valence-corrected chi connectivity index (χ1v) is 12.4. The SMILES string of the molecule is c1ccc2c(c1)ccc1c2c2c3ccccc3ccc2n1-c1nc2ccc3oc4ccccc4c3c2o1. The van der Waals surface area contributed by atoms with Gasteiger partial charge in [0.2, 0.25) is 0 Å². The number of fused-ring (bicyclic) bond motifs is 12. The van der Waals surface area contributed by atoms with Gasteiger partial charge in [0.15, 0.2) is 5.58 Å². The van der Waals surface area contributed by atoms with Gasteiger partial charge < -0.3 is 8.83 Å². The van der Waals surface area contributed by atoms with E-state index in [0.717, 1.165) is 44.1 Å². The third-order valence-corrected chi connectivity index (χ3v) is 7.62. The highest BCUT2D eigenvalue weighted by Crippen LogP contribution is 2.42. The number of rotatable bonds is 1. The number of hydrogen-bond acceptors (Lipinski definition) is 3. The zero-order chi connectivity index (χ0) is 24.1. The molecule has 0 atom stereocenters. The lowest BCUT2D eigenvalue weighted by atomic mass is 10.00. The molecule has 172 valence electrons. The normalized spacial score (nSPS) is 12.3. The lowest BCUT2D eigenvalue weighted by Gasteiger charge is -2.03. The standard InChI is InChI=1S/C33H18N2O2/c1-3-9-21-19(7-1)13-16-25-29(21)30-22-10-4-2-8-20(22)14-17-26(30)35(25)33-34-24-15-18-28-31(32(24)37-33)23-11-5-6-12-27(23)36-28/h1-18H. The topological polar surface area (TPSA) is 44.1 Å². The van der Waals surface area contributed by atoms with Crippen molar-refractivity contribution in [3.63, 3.8) is 0 Å². The Bertz CT molecular complexity index is 2280. The molecular weight excluding hydrogens is 456 g/mol. The summed E-state index contributed by atoms with van der Waals surface area (Å²) in [6.45, 7) is 0. The van der Waals surface area contributed by atoms with E-state index in [4.69, 9.17) is 13.8 Å². The lowest BCUT2D eigenvalue weighted by Crippen LogP contribution is -1.93. The van der Waals surface area contributed by atoms with Gasteiger partial charge in [0.25, 0.3) is 0 Å². The van der Waals surface area contributed by atoms with Crippen LogP contribution in [0.25, 0.3) is 82.4 Å². The van der Waals surface area contributed by atoms with Crippen molar-refractivity contribution in [2.45, 2.75) is 0 Å². The third kappa shape index (κ3) is 2.44. The van der Waals surface area contributed by atoms with E-state index in [2.05, 4.69) is 83.4 Å². The van der Waals surface area contributed by atoms with Crippen LogP contribution in [0.4, 0.5) is 0 Å². The smallest absolute Gasteiger partial charge is 0.307 e. The van der Waals surface area contributed by atoms with Gasteiger partial charge in [-0.25, -0.2) is 0 Å². The lowest BCUT2D eigenvalue weighted by molar-refractivity contribution is 0.577. The van der Waals surface area contributed by atoms with Crippen LogP contribution < -0.4 is 0 Å². The average molecular weight is 475 g/mol. The van der Waals surface area contributed by atoms with Gasteiger partial charge in [0.05, 0.1) is 16.4 Å². The van der Waals surface area contributed by atoms with Gasteiger partial charge in [0.1, 0.15) is 16.7 Å². The summed E-state index contributed by atoms with van der Waals surface area (Å²) in [4.78, 5) is 5.01. The molecule has 0 saturated carbocycles. The molecule has 0 fully saturated rings. The predicted octanol–water partition coefficient (Wildman–Crippen LogP) is 9.13. The minimum atomic E-state index is 0.554. The number of oxazole rings is 1. The van der Waals surface area contributed by atoms with E-state index >= 15 is 0 Å². The Labute approximate surface area is 209 Å². The molecule has 0 aliphatic heterocycles. The van der Waals surface area contributed by atoms with Crippen LogP contribution in [0.5, 0.6) is 0 Å². The number of nitrogens with zero attached hydrogens (tertiary/aromatic N) is 2. The van der Waals surface area contributed by atoms with E-state index in [0.29, 0.717) is 6.01 Å². The van der Waals surface area contributed by atoms with E-state index in [1.165, 1.54) is 32.3 Å². The molecule has 0 unspecified atom stereocenters. The van der Waals surface area contributed by atoms with Gasteiger partial charge in [-0.1, -0.05) is 78.9 Å². The summed E-state index contributed by atoms with van der Waals surface area (Å²) >= 11 is 0. The van der Waals surface area contributed by atoms with Crippen molar-refractivity contribution in [3.05, 3.63) is 109 Å². The highest BCUT2D eigenvalue weighted by atomic mass is 16.4. The van der Waals surface area contributed by atoms with Crippen molar-refractivity contribution in [2.75, 3.05) is 0 Å². The van der Waals surface area contributed by atoms with Crippen molar-refractivity contribution in [2.24, 2.45) is 0 Å². The van der Waals surface area contributed by atoms with E-state index in [-0.39, 0.29) is 0 Å². The fraction of sp³-hybridized carbons (Fsp3) is 0. The summed E-state index contributed by atoms with van der Waals surface area (Å²) in [6, 6.07) is 38.5. The fourth-order valence-corrected chi connectivity index (χ4v) is 6.03. The van der Waals surface area contributed by atoms with Crippen LogP contribution in [0, 0.1) is 0 Å². The molecule has 0 aliphatic carbocycles. The highest BCUT2D eigenvalue weighted by Gasteiger charge is 2.21. The molecule has 0 saturated heterocycles. The second kappa shape index (κ2) is 6.77. The van der Waals surface area contributed by atoms with Crippen LogP contribution in [0.1, 0.15) is 0 Å². The third-order valence-electron chi connectivity index (χ3n) is 7.62. The Morgan fingerprint density at radius 1 is 0.486 bits per heavy atom. The van der Waals surface area contributed by atoms with Crippen molar-refractivity contribution in [1.82, 2.24) is 9.55 Å². The summed E-state index contributed by atoms with van der Waals surface area (Å²) in [5, 5.41) is 9.29. The van der Waals surface area contributed by atoms with Gasteiger partial charge in [-0.2, -0.15) is 4.98 Å². The van der Waals surface area contributed by atoms with Crippen LogP contribution in [-0.2, 0) is 0 Å². The second-order valence-corrected chi connectivity index (χ2v) is 9.58. The monoisotopic (exact) mass is 474 g/mol. The molecule has 0 radical (unpaired) electrons. The number of furan rings is 1. The first kappa shape index (κ1) is 19.1. The van der Waals surface area contributed by atoms with Crippen molar-refractivity contribution in [1.29, 1.82) is 0 Å². The number of aromatic nitrogens is 2. The van der Waals surface area contributed by atoms with Crippen LogP contribution in [0.2, 0.25) is 0 Å². The van der Waals surface area contributed by atoms with Gasteiger partial charge in [-0.05, 0) is 51.9 Å². The van der Waals surface area contributed by atoms with Crippen LogP contribution in [0.15, 0.2) is 118 Å². The Morgan fingerprint density at radius 2 is 1.11 bits per heavy atom. The first-order chi connectivity index (χ1) is 18.3. The molecule has 0 bridgehead atoms. The van der Waals surface area contributed by atoms with E-state index < -0.39 is 0 Å². The minimum Gasteiger partial charge on any atom is -0.456 e. The molecule has 6 aromatic carbocycles. The highest BCUT2D eigenvalue weighted by molar-refractivity contribution is 6.28. The van der Waals surface area contributed by atoms with Gasteiger partial charge >= 0.3 is 6.01 Å². The number of benzene rings is 6. The number of hydrogen-bond donors (Lipinski definition) is 0. The minimum absolute atomic E-state index is 0.554. The summed E-state index contributed by atoms with van der Waals surface area (Å²) in [6.07, 6.45) is 0. The Kier molecular flexibility index (Phi) is 3.50. The van der Waals surface area contributed by atoms with Crippen molar-refractivity contribution < 1.29 is 8.83 Å². The fourth-order valence-electron chi connectivity index (χ4n) is 6.03. The molecule has 9 aromatic rings. The van der Waals surface area contributed by atoms with E-state index in [1.54, 1.807) is 0 Å².